The average molecular weight is 350 g/mol. The lowest BCUT2D eigenvalue weighted by Crippen LogP contribution is -2.38. The predicted molar refractivity (Wildman–Crippen MR) is 101 cm³/mol. The van der Waals surface area contributed by atoms with Gasteiger partial charge in [-0.15, -0.1) is 0 Å². The Kier molecular flexibility index (Phi) is 4.98. The number of carbonyl (C=O) groups excluding carboxylic acids is 1. The fraction of sp³-hybridized carbons (Fsp3) is 0.476. The van der Waals surface area contributed by atoms with E-state index in [1.54, 1.807) is 0 Å². The summed E-state index contributed by atoms with van der Waals surface area (Å²) in [5, 5.41) is 3.51. The zero-order valence-corrected chi connectivity index (χ0v) is 15.4. The number of fused-ring (bicyclic) bond motifs is 1. The second-order valence-corrected chi connectivity index (χ2v) is 7.43. The first-order valence-corrected chi connectivity index (χ1v) is 9.60. The van der Waals surface area contributed by atoms with Gasteiger partial charge in [0.05, 0.1) is 18.2 Å². The van der Waals surface area contributed by atoms with Gasteiger partial charge in [-0.3, -0.25) is 4.79 Å². The Hall–Kier alpha value is -2.27. The zero-order chi connectivity index (χ0) is 17.9. The summed E-state index contributed by atoms with van der Waals surface area (Å²) in [4.78, 5) is 24.0. The quantitative estimate of drug-likeness (QED) is 0.925. The number of hydrogen-bond donors (Lipinski definition) is 1. The van der Waals surface area contributed by atoms with E-state index in [-0.39, 0.29) is 11.9 Å². The van der Waals surface area contributed by atoms with E-state index in [4.69, 9.17) is 4.98 Å². The van der Waals surface area contributed by atoms with Gasteiger partial charge >= 0.3 is 0 Å². The summed E-state index contributed by atoms with van der Waals surface area (Å²) in [6.45, 7) is 4.47. The molecule has 1 N–H and O–H groups in total. The zero-order valence-electron chi connectivity index (χ0n) is 15.4. The number of hydrogen-bond acceptors (Lipinski definition) is 4. The summed E-state index contributed by atoms with van der Waals surface area (Å²) in [7, 11) is 0. The van der Waals surface area contributed by atoms with Gasteiger partial charge in [-0.1, -0.05) is 36.2 Å². The van der Waals surface area contributed by atoms with Gasteiger partial charge in [0.25, 0.3) is 0 Å². The molecule has 3 heterocycles. The lowest BCUT2D eigenvalue weighted by molar-refractivity contribution is -0.131. The van der Waals surface area contributed by atoms with E-state index in [0.29, 0.717) is 13.0 Å². The molecule has 136 valence electrons. The number of rotatable bonds is 3. The van der Waals surface area contributed by atoms with Crippen molar-refractivity contribution in [3.8, 4) is 0 Å². The molecule has 5 nitrogen and oxygen atoms in total. The van der Waals surface area contributed by atoms with E-state index < -0.39 is 0 Å². The summed E-state index contributed by atoms with van der Waals surface area (Å²) >= 11 is 0. The molecule has 2 aromatic rings. The fourth-order valence-corrected chi connectivity index (χ4v) is 3.89. The Balaban J connectivity index is 1.43. The van der Waals surface area contributed by atoms with Crippen LogP contribution in [-0.4, -0.2) is 33.9 Å². The monoisotopic (exact) mass is 350 g/mol. The van der Waals surface area contributed by atoms with Gasteiger partial charge in [0, 0.05) is 31.3 Å². The number of piperidine rings is 1. The first kappa shape index (κ1) is 17.2. The van der Waals surface area contributed by atoms with Gasteiger partial charge in [-0.25, -0.2) is 9.97 Å². The van der Waals surface area contributed by atoms with Crippen molar-refractivity contribution in [2.75, 3.05) is 13.1 Å². The molecule has 1 aromatic carbocycles. The van der Waals surface area contributed by atoms with Crippen molar-refractivity contribution < 1.29 is 4.79 Å². The first-order chi connectivity index (χ1) is 12.7. The van der Waals surface area contributed by atoms with Crippen LogP contribution in [0, 0.1) is 6.92 Å². The van der Waals surface area contributed by atoms with Crippen molar-refractivity contribution in [3.05, 3.63) is 58.7 Å². The minimum absolute atomic E-state index is 0.180. The largest absolute Gasteiger partial charge is 0.338 e. The molecule has 0 bridgehead atoms. The highest BCUT2D eigenvalue weighted by molar-refractivity contribution is 5.79. The van der Waals surface area contributed by atoms with Crippen LogP contribution in [0.5, 0.6) is 0 Å². The molecule has 1 amide bonds. The van der Waals surface area contributed by atoms with Crippen LogP contribution in [0.3, 0.4) is 0 Å². The van der Waals surface area contributed by atoms with Gasteiger partial charge in [-0.05, 0) is 31.9 Å². The molecule has 2 aliphatic rings. The number of nitrogens with zero attached hydrogens (tertiary/aromatic N) is 3. The number of benzene rings is 1. The minimum Gasteiger partial charge on any atom is -0.338 e. The first-order valence-electron chi connectivity index (χ1n) is 9.60. The third-order valence-corrected chi connectivity index (χ3v) is 5.37. The third kappa shape index (κ3) is 3.78. The second kappa shape index (κ2) is 7.54. The van der Waals surface area contributed by atoms with Crippen LogP contribution in [0.4, 0.5) is 0 Å². The highest BCUT2D eigenvalue weighted by atomic mass is 16.2. The van der Waals surface area contributed by atoms with Crippen LogP contribution in [-0.2, 0) is 24.2 Å². The molecule has 1 aromatic heterocycles. The highest BCUT2D eigenvalue weighted by Gasteiger charge is 2.24. The van der Waals surface area contributed by atoms with Crippen LogP contribution in [0.2, 0.25) is 0 Å². The molecular formula is C21H26N4O. The Morgan fingerprint density at radius 1 is 1.35 bits per heavy atom. The Labute approximate surface area is 154 Å². The summed E-state index contributed by atoms with van der Waals surface area (Å²) < 4.78 is 0. The van der Waals surface area contributed by atoms with Crippen molar-refractivity contribution in [1.82, 2.24) is 20.2 Å². The number of nitrogens with one attached hydrogen (secondary N) is 1. The number of amides is 1. The maximum absolute atomic E-state index is 12.7. The lowest BCUT2D eigenvalue weighted by Gasteiger charge is -2.29. The molecule has 1 saturated heterocycles. The fourth-order valence-electron chi connectivity index (χ4n) is 3.89. The van der Waals surface area contributed by atoms with Gasteiger partial charge < -0.3 is 10.2 Å². The maximum Gasteiger partial charge on any atom is 0.227 e. The van der Waals surface area contributed by atoms with Crippen molar-refractivity contribution in [3.63, 3.8) is 0 Å². The van der Waals surface area contributed by atoms with E-state index in [1.807, 2.05) is 23.2 Å². The molecular weight excluding hydrogens is 324 g/mol. The lowest BCUT2D eigenvalue weighted by atomic mass is 10.0. The van der Waals surface area contributed by atoms with Gasteiger partial charge in [0.1, 0.15) is 5.82 Å². The standard InChI is InChI=1S/C21H26N4O/c1-15-5-4-6-16(11-15)12-20(26)25-10-8-18-17(14-25)13-23-21(24-18)19-7-2-3-9-22-19/h4-6,11,13,19,22H,2-3,7-10,12,14H2,1H3/t19-/m0/s1. The molecule has 26 heavy (non-hydrogen) atoms. The van der Waals surface area contributed by atoms with E-state index in [0.717, 1.165) is 48.6 Å². The smallest absolute Gasteiger partial charge is 0.227 e. The number of carbonyl (C=O) groups is 1. The maximum atomic E-state index is 12.7. The predicted octanol–water partition coefficient (Wildman–Crippen LogP) is 2.73. The summed E-state index contributed by atoms with van der Waals surface area (Å²) in [5.41, 5.74) is 4.47. The molecule has 4 rings (SSSR count). The average Bonchev–Trinajstić information content (AvgIpc) is 2.68. The molecule has 0 spiro atoms. The van der Waals surface area contributed by atoms with Gasteiger partial charge in [0.15, 0.2) is 0 Å². The normalized spacial score (nSPS) is 19.9. The van der Waals surface area contributed by atoms with E-state index in [1.165, 1.54) is 18.4 Å². The van der Waals surface area contributed by atoms with Crippen molar-refractivity contribution in [2.45, 2.75) is 51.6 Å². The van der Waals surface area contributed by atoms with E-state index in [2.05, 4.69) is 29.4 Å². The number of aryl methyl sites for hydroxylation is 1. The molecule has 0 radical (unpaired) electrons. The van der Waals surface area contributed by atoms with Crippen molar-refractivity contribution >= 4 is 5.91 Å². The summed E-state index contributed by atoms with van der Waals surface area (Å²) in [5.74, 6) is 1.10. The molecule has 1 fully saturated rings. The Morgan fingerprint density at radius 3 is 3.08 bits per heavy atom. The molecule has 0 unspecified atom stereocenters. The van der Waals surface area contributed by atoms with Crippen LogP contribution in [0.25, 0.3) is 0 Å². The SMILES string of the molecule is Cc1cccc(CC(=O)N2CCc3nc([C@@H]4CCCCN4)ncc3C2)c1. The minimum atomic E-state index is 0.180. The van der Waals surface area contributed by atoms with Crippen LogP contribution < -0.4 is 5.32 Å². The Bertz CT molecular complexity index is 798. The van der Waals surface area contributed by atoms with Crippen LogP contribution in [0.1, 0.15) is 53.5 Å². The van der Waals surface area contributed by atoms with Gasteiger partial charge in [0.2, 0.25) is 5.91 Å². The van der Waals surface area contributed by atoms with E-state index >= 15 is 0 Å². The van der Waals surface area contributed by atoms with Crippen molar-refractivity contribution in [1.29, 1.82) is 0 Å². The van der Waals surface area contributed by atoms with Crippen molar-refractivity contribution in [2.24, 2.45) is 0 Å². The van der Waals surface area contributed by atoms with E-state index in [9.17, 15) is 4.79 Å². The molecule has 5 heteroatoms. The number of aromatic nitrogens is 2. The molecule has 0 saturated carbocycles. The summed E-state index contributed by atoms with van der Waals surface area (Å²) in [6, 6.07) is 8.46. The topological polar surface area (TPSA) is 58.1 Å². The second-order valence-electron chi connectivity index (χ2n) is 7.43. The highest BCUT2D eigenvalue weighted by Crippen LogP contribution is 2.23. The Morgan fingerprint density at radius 2 is 2.27 bits per heavy atom. The molecule has 2 aliphatic heterocycles. The summed E-state index contributed by atoms with van der Waals surface area (Å²) in [6.07, 6.45) is 6.79. The van der Waals surface area contributed by atoms with Gasteiger partial charge in [-0.2, -0.15) is 0 Å². The molecule has 0 aliphatic carbocycles. The van der Waals surface area contributed by atoms with Crippen LogP contribution >= 0.6 is 0 Å². The third-order valence-electron chi connectivity index (χ3n) is 5.37. The molecule has 1 atom stereocenters. The van der Waals surface area contributed by atoms with Crippen LogP contribution in [0.15, 0.2) is 30.5 Å².